The molecule has 1 aliphatic rings. The van der Waals surface area contributed by atoms with Crippen LogP contribution in [0.15, 0.2) is 83.9 Å². The standard InChI is InChI=1S/C26H24N2O3S/c29-26(28-20(14-27-18-32)16-30-15-19-8-2-1-3-9-19)31-17-25-23-12-6-4-10-21(23)22-11-5-7-13-24(22)25/h1-13,20,25H,14-17H2,(H,28,29)/t20-/m1/s1. The summed E-state index contributed by atoms with van der Waals surface area (Å²) in [5, 5.41) is 5.18. The summed E-state index contributed by atoms with van der Waals surface area (Å²) in [4.78, 5) is 16.5. The first-order valence-electron chi connectivity index (χ1n) is 10.5. The molecule has 0 heterocycles. The van der Waals surface area contributed by atoms with E-state index in [1.165, 1.54) is 22.3 Å². The number of isothiocyanates is 1. The molecule has 0 saturated heterocycles. The second-order valence-corrected chi connectivity index (χ2v) is 7.78. The van der Waals surface area contributed by atoms with Crippen molar-refractivity contribution >= 4 is 23.5 Å². The first kappa shape index (κ1) is 21.9. The second kappa shape index (κ2) is 10.8. The van der Waals surface area contributed by atoms with Crippen LogP contribution in [0.4, 0.5) is 4.79 Å². The summed E-state index contributed by atoms with van der Waals surface area (Å²) >= 11 is 4.67. The van der Waals surface area contributed by atoms with Crippen molar-refractivity contribution in [3.8, 4) is 11.1 Å². The van der Waals surface area contributed by atoms with Gasteiger partial charge in [0.25, 0.3) is 0 Å². The number of carbonyl (C=O) groups is 1. The molecule has 0 saturated carbocycles. The van der Waals surface area contributed by atoms with E-state index in [2.05, 4.69) is 52.0 Å². The van der Waals surface area contributed by atoms with Gasteiger partial charge in [-0.1, -0.05) is 78.9 Å². The third-order valence-corrected chi connectivity index (χ3v) is 5.60. The van der Waals surface area contributed by atoms with Crippen LogP contribution in [-0.2, 0) is 16.1 Å². The Bertz CT molecular complexity index is 1070. The third kappa shape index (κ3) is 5.29. The maximum absolute atomic E-state index is 12.6. The summed E-state index contributed by atoms with van der Waals surface area (Å²) in [5.41, 5.74) is 5.80. The summed E-state index contributed by atoms with van der Waals surface area (Å²) in [7, 11) is 0. The van der Waals surface area contributed by atoms with Crippen molar-refractivity contribution in [1.82, 2.24) is 5.32 Å². The number of benzene rings is 3. The van der Waals surface area contributed by atoms with E-state index < -0.39 is 6.09 Å². The summed E-state index contributed by atoms with van der Waals surface area (Å²) in [6.45, 7) is 1.28. The first-order chi connectivity index (χ1) is 15.8. The fourth-order valence-corrected chi connectivity index (χ4v) is 4.06. The van der Waals surface area contributed by atoms with Gasteiger partial charge in [0.05, 0.1) is 31.0 Å². The summed E-state index contributed by atoms with van der Waals surface area (Å²) < 4.78 is 11.4. The van der Waals surface area contributed by atoms with E-state index in [0.717, 1.165) is 5.56 Å². The van der Waals surface area contributed by atoms with Gasteiger partial charge in [0.2, 0.25) is 0 Å². The lowest BCUT2D eigenvalue weighted by Crippen LogP contribution is -2.41. The van der Waals surface area contributed by atoms with E-state index in [1.54, 1.807) is 0 Å². The van der Waals surface area contributed by atoms with Gasteiger partial charge in [0.15, 0.2) is 0 Å². The highest BCUT2D eigenvalue weighted by Crippen LogP contribution is 2.44. The van der Waals surface area contributed by atoms with Gasteiger partial charge in [0.1, 0.15) is 6.61 Å². The van der Waals surface area contributed by atoms with Crippen molar-refractivity contribution in [3.63, 3.8) is 0 Å². The van der Waals surface area contributed by atoms with E-state index >= 15 is 0 Å². The summed E-state index contributed by atoms with van der Waals surface area (Å²) in [5.74, 6) is 0.0138. The number of aliphatic imine (C=N–C) groups is 1. The van der Waals surface area contributed by atoms with E-state index in [0.29, 0.717) is 13.2 Å². The van der Waals surface area contributed by atoms with Gasteiger partial charge in [-0.05, 0) is 40.0 Å². The van der Waals surface area contributed by atoms with E-state index in [-0.39, 0.29) is 25.1 Å². The molecule has 0 aromatic heterocycles. The van der Waals surface area contributed by atoms with Crippen LogP contribution < -0.4 is 5.32 Å². The third-order valence-electron chi connectivity index (χ3n) is 5.47. The van der Waals surface area contributed by atoms with Crippen molar-refractivity contribution < 1.29 is 14.3 Å². The molecule has 32 heavy (non-hydrogen) atoms. The largest absolute Gasteiger partial charge is 0.449 e. The molecule has 1 amide bonds. The van der Waals surface area contributed by atoms with Gasteiger partial charge < -0.3 is 14.8 Å². The Morgan fingerprint density at radius 1 is 0.969 bits per heavy atom. The molecule has 0 bridgehead atoms. The van der Waals surface area contributed by atoms with E-state index in [9.17, 15) is 4.79 Å². The Hall–Kier alpha value is -3.31. The van der Waals surface area contributed by atoms with Crippen LogP contribution in [0.1, 0.15) is 22.6 Å². The number of amides is 1. The van der Waals surface area contributed by atoms with E-state index in [1.807, 2.05) is 54.6 Å². The van der Waals surface area contributed by atoms with Crippen molar-refractivity contribution in [1.29, 1.82) is 0 Å². The average molecular weight is 445 g/mol. The van der Waals surface area contributed by atoms with Crippen LogP contribution in [0.5, 0.6) is 0 Å². The van der Waals surface area contributed by atoms with Crippen molar-refractivity contribution in [2.75, 3.05) is 19.8 Å². The minimum atomic E-state index is -0.500. The molecule has 1 N–H and O–H groups in total. The Kier molecular flexibility index (Phi) is 7.41. The maximum atomic E-state index is 12.6. The molecule has 162 valence electrons. The number of nitrogens with one attached hydrogen (secondary N) is 1. The highest BCUT2D eigenvalue weighted by atomic mass is 32.1. The minimum absolute atomic E-state index is 0.0138. The summed E-state index contributed by atoms with van der Waals surface area (Å²) in [6, 6.07) is 26.0. The molecule has 0 spiro atoms. The normalized spacial score (nSPS) is 12.9. The van der Waals surface area contributed by atoms with Gasteiger partial charge in [-0.3, -0.25) is 0 Å². The van der Waals surface area contributed by atoms with Gasteiger partial charge in [0, 0.05) is 5.92 Å². The molecule has 4 rings (SSSR count). The average Bonchev–Trinajstić information content (AvgIpc) is 3.15. The minimum Gasteiger partial charge on any atom is -0.449 e. The molecule has 3 aromatic rings. The number of nitrogens with zero attached hydrogens (tertiary/aromatic N) is 1. The van der Waals surface area contributed by atoms with Crippen molar-refractivity contribution in [3.05, 3.63) is 95.6 Å². The monoisotopic (exact) mass is 444 g/mol. The number of alkyl carbamates (subject to hydrolysis) is 1. The molecule has 1 aliphatic carbocycles. The molecule has 3 aromatic carbocycles. The van der Waals surface area contributed by atoms with Crippen LogP contribution in [-0.4, -0.2) is 37.1 Å². The van der Waals surface area contributed by atoms with Crippen LogP contribution in [0.25, 0.3) is 11.1 Å². The highest BCUT2D eigenvalue weighted by Gasteiger charge is 2.29. The molecular weight excluding hydrogens is 420 g/mol. The smallest absolute Gasteiger partial charge is 0.407 e. The Morgan fingerprint density at radius 2 is 1.59 bits per heavy atom. The van der Waals surface area contributed by atoms with Gasteiger partial charge in [-0.15, -0.1) is 0 Å². The molecule has 5 nitrogen and oxygen atoms in total. The molecule has 0 fully saturated rings. The highest BCUT2D eigenvalue weighted by molar-refractivity contribution is 7.78. The number of ether oxygens (including phenoxy) is 2. The lowest BCUT2D eigenvalue weighted by atomic mass is 9.98. The van der Waals surface area contributed by atoms with Crippen LogP contribution in [0.2, 0.25) is 0 Å². The van der Waals surface area contributed by atoms with E-state index in [4.69, 9.17) is 9.47 Å². The van der Waals surface area contributed by atoms with Crippen molar-refractivity contribution in [2.45, 2.75) is 18.6 Å². The number of thiocarbonyl (C=S) groups is 1. The summed E-state index contributed by atoms with van der Waals surface area (Å²) in [6.07, 6.45) is -0.500. The van der Waals surface area contributed by atoms with Gasteiger partial charge in [-0.2, -0.15) is 0 Å². The van der Waals surface area contributed by atoms with Crippen LogP contribution in [0, 0.1) is 0 Å². The number of carbonyl (C=O) groups excluding carboxylic acids is 1. The fourth-order valence-electron chi connectivity index (χ4n) is 3.99. The zero-order chi connectivity index (χ0) is 22.2. The SMILES string of the molecule is O=C(N[C@H](CN=C=S)COCc1ccccc1)OCC1c2ccccc2-c2ccccc21. The Labute approximate surface area is 193 Å². The lowest BCUT2D eigenvalue weighted by Gasteiger charge is -2.18. The molecule has 0 unspecified atom stereocenters. The number of hydrogen-bond donors (Lipinski definition) is 1. The topological polar surface area (TPSA) is 59.9 Å². The van der Waals surface area contributed by atoms with Crippen LogP contribution in [0.3, 0.4) is 0 Å². The Morgan fingerprint density at radius 3 is 2.25 bits per heavy atom. The number of fused-ring (bicyclic) bond motifs is 3. The predicted octanol–water partition coefficient (Wildman–Crippen LogP) is 5.21. The van der Waals surface area contributed by atoms with Crippen molar-refractivity contribution in [2.24, 2.45) is 4.99 Å². The first-order valence-corrected chi connectivity index (χ1v) is 10.9. The second-order valence-electron chi connectivity index (χ2n) is 7.60. The van der Waals surface area contributed by atoms with Gasteiger partial charge >= 0.3 is 6.09 Å². The predicted molar refractivity (Wildman–Crippen MR) is 128 cm³/mol. The molecule has 0 radical (unpaired) electrons. The quantitative estimate of drug-likeness (QED) is 0.363. The molecule has 6 heteroatoms. The Balaban J connectivity index is 1.34. The number of rotatable bonds is 9. The van der Waals surface area contributed by atoms with Gasteiger partial charge in [-0.25, -0.2) is 9.79 Å². The lowest BCUT2D eigenvalue weighted by molar-refractivity contribution is 0.0916. The number of hydrogen-bond acceptors (Lipinski definition) is 5. The fraction of sp³-hybridized carbons (Fsp3) is 0.231. The maximum Gasteiger partial charge on any atom is 0.407 e. The molecule has 0 aliphatic heterocycles. The molecular formula is C26H24N2O3S. The molecule has 1 atom stereocenters. The zero-order valence-corrected chi connectivity index (χ0v) is 18.4. The zero-order valence-electron chi connectivity index (χ0n) is 17.6. The van der Waals surface area contributed by atoms with Crippen LogP contribution >= 0.6 is 12.2 Å².